The number of hydrogen-bond acceptors (Lipinski definition) is 3. The lowest BCUT2D eigenvalue weighted by molar-refractivity contribution is 0.277. The summed E-state index contributed by atoms with van der Waals surface area (Å²) in [6.45, 7) is 2.80. The van der Waals surface area contributed by atoms with Crippen molar-refractivity contribution in [2.75, 3.05) is 26.2 Å². The van der Waals surface area contributed by atoms with Crippen LogP contribution < -0.4 is 16.8 Å². The molecule has 0 aliphatic rings. The highest BCUT2D eigenvalue weighted by Gasteiger charge is 2.29. The van der Waals surface area contributed by atoms with E-state index in [2.05, 4.69) is 93.3 Å². The molecule has 0 fully saturated rings. The SMILES string of the molecule is NCCNCC(CN)(Cc1cc(Br)cc(Br)c1)Cc1cc(Br)cc(Br)c1. The molecule has 2 aromatic carbocycles. The van der Waals surface area contributed by atoms with Gasteiger partial charge in [-0.3, -0.25) is 0 Å². The minimum absolute atomic E-state index is 0.102. The Morgan fingerprint density at radius 3 is 1.50 bits per heavy atom. The molecular weight excluding hydrogens is 590 g/mol. The molecule has 0 heterocycles. The highest BCUT2D eigenvalue weighted by molar-refractivity contribution is 9.11. The van der Waals surface area contributed by atoms with E-state index < -0.39 is 0 Å². The topological polar surface area (TPSA) is 64.1 Å². The Morgan fingerprint density at radius 2 is 1.15 bits per heavy atom. The minimum Gasteiger partial charge on any atom is -0.330 e. The van der Waals surface area contributed by atoms with Gasteiger partial charge in [-0.05, 0) is 66.9 Å². The maximum Gasteiger partial charge on any atom is 0.0189 e. The number of nitrogens with one attached hydrogen (secondary N) is 1. The van der Waals surface area contributed by atoms with Gasteiger partial charge in [0.25, 0.3) is 0 Å². The Balaban J connectivity index is 2.32. The van der Waals surface area contributed by atoms with Crippen molar-refractivity contribution in [1.82, 2.24) is 5.32 Å². The molecule has 0 saturated carbocycles. The third-order valence-electron chi connectivity index (χ3n) is 4.26. The quantitative estimate of drug-likeness (QED) is 0.349. The molecule has 0 aliphatic carbocycles. The van der Waals surface area contributed by atoms with Crippen LogP contribution in [0.4, 0.5) is 0 Å². The number of benzene rings is 2. The van der Waals surface area contributed by atoms with E-state index in [1.807, 2.05) is 12.1 Å². The molecule has 142 valence electrons. The largest absolute Gasteiger partial charge is 0.330 e. The van der Waals surface area contributed by atoms with Gasteiger partial charge in [-0.2, -0.15) is 0 Å². The molecule has 0 atom stereocenters. The van der Waals surface area contributed by atoms with Crippen molar-refractivity contribution in [3.63, 3.8) is 0 Å². The first kappa shape index (κ1) is 22.5. The molecule has 7 heteroatoms. The minimum atomic E-state index is -0.102. The standard InChI is InChI=1S/C19H23Br4N3/c20-15-3-13(4-16(21)7-15)9-19(11-25,12-26-2-1-24)10-14-5-17(22)8-18(23)6-14/h3-8,26H,1-2,9-12,24-25H2. The summed E-state index contributed by atoms with van der Waals surface area (Å²) in [5.41, 5.74) is 14.4. The van der Waals surface area contributed by atoms with E-state index in [0.717, 1.165) is 43.8 Å². The molecule has 26 heavy (non-hydrogen) atoms. The predicted octanol–water partition coefficient (Wildman–Crippen LogP) is 5.02. The average Bonchev–Trinajstić information content (AvgIpc) is 2.53. The third-order valence-corrected chi connectivity index (χ3v) is 6.09. The van der Waals surface area contributed by atoms with E-state index in [4.69, 9.17) is 11.5 Å². The number of hydrogen-bond donors (Lipinski definition) is 3. The maximum atomic E-state index is 6.32. The summed E-state index contributed by atoms with van der Waals surface area (Å²) in [6.07, 6.45) is 1.76. The Morgan fingerprint density at radius 1 is 0.731 bits per heavy atom. The van der Waals surface area contributed by atoms with Gasteiger partial charge in [0.05, 0.1) is 0 Å². The second-order valence-electron chi connectivity index (χ2n) is 6.58. The van der Waals surface area contributed by atoms with Crippen molar-refractivity contribution >= 4 is 63.7 Å². The zero-order chi connectivity index (χ0) is 19.2. The molecule has 0 aliphatic heterocycles. The van der Waals surface area contributed by atoms with Crippen molar-refractivity contribution in [1.29, 1.82) is 0 Å². The van der Waals surface area contributed by atoms with Crippen LogP contribution in [0.15, 0.2) is 54.3 Å². The number of halogens is 4. The van der Waals surface area contributed by atoms with Crippen molar-refractivity contribution < 1.29 is 0 Å². The van der Waals surface area contributed by atoms with Crippen LogP contribution in [0.5, 0.6) is 0 Å². The summed E-state index contributed by atoms with van der Waals surface area (Å²) in [5, 5.41) is 3.47. The van der Waals surface area contributed by atoms with Gasteiger partial charge >= 0.3 is 0 Å². The molecular formula is C19H23Br4N3. The van der Waals surface area contributed by atoms with Crippen LogP contribution in [0.3, 0.4) is 0 Å². The second-order valence-corrected chi connectivity index (χ2v) is 10.2. The fourth-order valence-electron chi connectivity index (χ4n) is 3.15. The highest BCUT2D eigenvalue weighted by Crippen LogP contribution is 2.31. The number of rotatable bonds is 9. The van der Waals surface area contributed by atoms with Crippen molar-refractivity contribution in [3.05, 3.63) is 65.4 Å². The van der Waals surface area contributed by atoms with E-state index in [1.165, 1.54) is 11.1 Å². The fourth-order valence-corrected chi connectivity index (χ4v) is 5.93. The first-order valence-corrected chi connectivity index (χ1v) is 11.5. The van der Waals surface area contributed by atoms with Crippen LogP contribution >= 0.6 is 63.7 Å². The molecule has 5 N–H and O–H groups in total. The summed E-state index contributed by atoms with van der Waals surface area (Å²) in [5.74, 6) is 0. The molecule has 0 unspecified atom stereocenters. The van der Waals surface area contributed by atoms with Crippen LogP contribution in [-0.4, -0.2) is 26.2 Å². The summed E-state index contributed by atoms with van der Waals surface area (Å²) < 4.78 is 4.25. The van der Waals surface area contributed by atoms with Crippen LogP contribution in [0, 0.1) is 5.41 Å². The van der Waals surface area contributed by atoms with E-state index in [1.54, 1.807) is 0 Å². The van der Waals surface area contributed by atoms with Gasteiger partial charge in [-0.1, -0.05) is 63.7 Å². The van der Waals surface area contributed by atoms with Crippen LogP contribution in [0.2, 0.25) is 0 Å². The van der Waals surface area contributed by atoms with E-state index in [9.17, 15) is 0 Å². The monoisotopic (exact) mass is 609 g/mol. The second kappa shape index (κ2) is 10.7. The molecule has 2 rings (SSSR count). The predicted molar refractivity (Wildman–Crippen MR) is 125 cm³/mol. The zero-order valence-corrected chi connectivity index (χ0v) is 20.7. The number of nitrogens with two attached hydrogens (primary N) is 2. The Bertz CT molecular complexity index is 643. The smallest absolute Gasteiger partial charge is 0.0189 e. The van der Waals surface area contributed by atoms with Gasteiger partial charge in [0.2, 0.25) is 0 Å². The summed E-state index contributed by atoms with van der Waals surface area (Å²) in [7, 11) is 0. The molecule has 0 saturated heterocycles. The van der Waals surface area contributed by atoms with Crippen LogP contribution in [0.1, 0.15) is 11.1 Å². The van der Waals surface area contributed by atoms with Gasteiger partial charge in [0, 0.05) is 42.9 Å². The van der Waals surface area contributed by atoms with Crippen LogP contribution in [0.25, 0.3) is 0 Å². The van der Waals surface area contributed by atoms with Crippen molar-refractivity contribution in [2.45, 2.75) is 12.8 Å². The third kappa shape index (κ3) is 7.00. The molecule has 0 spiro atoms. The highest BCUT2D eigenvalue weighted by atomic mass is 79.9. The van der Waals surface area contributed by atoms with Crippen molar-refractivity contribution in [3.8, 4) is 0 Å². The van der Waals surface area contributed by atoms with Gasteiger partial charge < -0.3 is 16.8 Å². The normalized spacial score (nSPS) is 11.8. The van der Waals surface area contributed by atoms with E-state index in [0.29, 0.717) is 13.1 Å². The van der Waals surface area contributed by atoms with Gasteiger partial charge in [0.1, 0.15) is 0 Å². The van der Waals surface area contributed by atoms with E-state index >= 15 is 0 Å². The van der Waals surface area contributed by atoms with Gasteiger partial charge in [-0.15, -0.1) is 0 Å². The Labute approximate surface area is 189 Å². The summed E-state index contributed by atoms with van der Waals surface area (Å²) in [4.78, 5) is 0. The van der Waals surface area contributed by atoms with E-state index in [-0.39, 0.29) is 5.41 Å². The summed E-state index contributed by atoms with van der Waals surface area (Å²) >= 11 is 14.3. The first-order valence-electron chi connectivity index (χ1n) is 8.36. The van der Waals surface area contributed by atoms with Crippen molar-refractivity contribution in [2.24, 2.45) is 16.9 Å². The molecule has 0 radical (unpaired) electrons. The molecule has 2 aromatic rings. The van der Waals surface area contributed by atoms with Crippen LogP contribution in [-0.2, 0) is 12.8 Å². The molecule has 0 bridgehead atoms. The van der Waals surface area contributed by atoms with Gasteiger partial charge in [0.15, 0.2) is 0 Å². The lowest BCUT2D eigenvalue weighted by atomic mass is 9.76. The summed E-state index contributed by atoms with van der Waals surface area (Å²) in [6, 6.07) is 12.7. The molecule has 3 nitrogen and oxygen atoms in total. The Hall–Kier alpha value is 0.240. The molecule has 0 aromatic heterocycles. The molecule has 0 amide bonds. The lowest BCUT2D eigenvalue weighted by Gasteiger charge is -2.34. The lowest BCUT2D eigenvalue weighted by Crippen LogP contribution is -2.45. The average molecular weight is 613 g/mol. The zero-order valence-electron chi connectivity index (χ0n) is 14.4. The first-order chi connectivity index (χ1) is 12.4. The van der Waals surface area contributed by atoms with Gasteiger partial charge in [-0.25, -0.2) is 0 Å². The maximum absolute atomic E-state index is 6.32. The fraction of sp³-hybridized carbons (Fsp3) is 0.368. The Kier molecular flexibility index (Phi) is 9.27.